The van der Waals surface area contributed by atoms with Crippen LogP contribution >= 0.6 is 0 Å². The van der Waals surface area contributed by atoms with Gasteiger partial charge in [0.1, 0.15) is 12.6 Å². The number of amides is 2. The zero-order valence-electron chi connectivity index (χ0n) is 17.8. The van der Waals surface area contributed by atoms with Crippen LogP contribution in [-0.2, 0) is 9.53 Å². The van der Waals surface area contributed by atoms with Crippen LogP contribution < -0.4 is 5.32 Å². The summed E-state index contributed by atoms with van der Waals surface area (Å²) in [5.41, 5.74) is 4.36. The molecule has 0 saturated carbocycles. The quantitative estimate of drug-likeness (QED) is 0.446. The molecule has 0 radical (unpaired) electrons. The second kappa shape index (κ2) is 8.60. The maximum absolute atomic E-state index is 12.6. The molecule has 1 aliphatic heterocycles. The number of fused-ring (bicyclic) bond motifs is 3. The van der Waals surface area contributed by atoms with Crippen LogP contribution in [0, 0.1) is 0 Å². The van der Waals surface area contributed by atoms with Gasteiger partial charge in [-0.3, -0.25) is 15.2 Å². The third-order valence-corrected chi connectivity index (χ3v) is 6.07. The van der Waals surface area contributed by atoms with Gasteiger partial charge in [-0.2, -0.15) is 4.98 Å². The fourth-order valence-corrected chi connectivity index (χ4v) is 4.55. The van der Waals surface area contributed by atoms with Gasteiger partial charge in [0.25, 0.3) is 11.9 Å². The lowest BCUT2D eigenvalue weighted by Crippen LogP contribution is -2.41. The summed E-state index contributed by atoms with van der Waals surface area (Å²) in [6.45, 7) is -0.0341. The molecule has 11 heteroatoms. The third kappa shape index (κ3) is 3.86. The van der Waals surface area contributed by atoms with Gasteiger partial charge in [0.05, 0.1) is 6.10 Å². The number of carboxylic acids is 1. The normalized spacial score (nSPS) is 18.9. The highest BCUT2D eigenvalue weighted by atomic mass is 16.5. The lowest BCUT2D eigenvalue weighted by Gasteiger charge is -2.19. The monoisotopic (exact) mass is 463 g/mol. The van der Waals surface area contributed by atoms with Crippen LogP contribution in [0.2, 0.25) is 0 Å². The number of anilines is 1. The lowest BCUT2D eigenvalue weighted by atomic mass is 9.98. The molecule has 11 nitrogen and oxygen atoms in total. The number of hydrogen-bond acceptors (Lipinski definition) is 7. The molecule has 2 aromatic carbocycles. The maximum Gasteiger partial charge on any atom is 0.414 e. The summed E-state index contributed by atoms with van der Waals surface area (Å²) in [5.74, 6) is -2.52. The molecule has 0 bridgehead atoms. The second-order valence-electron chi connectivity index (χ2n) is 8.16. The number of carbonyl (C=O) groups is 3. The Balaban J connectivity index is 1.23. The molecule has 1 aromatic heterocycles. The number of likely N-dealkylation sites (tertiary alicyclic amines) is 1. The highest BCUT2D eigenvalue weighted by molar-refractivity contribution is 5.94. The van der Waals surface area contributed by atoms with Gasteiger partial charge in [0.2, 0.25) is 5.82 Å². The highest BCUT2D eigenvalue weighted by Gasteiger charge is 2.40. The van der Waals surface area contributed by atoms with Crippen molar-refractivity contribution < 1.29 is 29.3 Å². The van der Waals surface area contributed by atoms with Crippen LogP contribution in [0.25, 0.3) is 11.1 Å². The summed E-state index contributed by atoms with van der Waals surface area (Å²) in [7, 11) is 0. The summed E-state index contributed by atoms with van der Waals surface area (Å²) < 4.78 is 5.43. The van der Waals surface area contributed by atoms with Gasteiger partial charge in [-0.15, -0.1) is 5.10 Å². The van der Waals surface area contributed by atoms with E-state index in [0.717, 1.165) is 27.2 Å². The zero-order chi connectivity index (χ0) is 23.8. The van der Waals surface area contributed by atoms with Crippen molar-refractivity contribution >= 4 is 23.9 Å². The van der Waals surface area contributed by atoms with E-state index in [9.17, 15) is 24.6 Å². The molecule has 34 heavy (non-hydrogen) atoms. The topological polar surface area (TPSA) is 158 Å². The van der Waals surface area contributed by atoms with E-state index >= 15 is 0 Å². The number of ether oxygens (including phenoxy) is 1. The number of hydrogen-bond donors (Lipinski definition) is 4. The number of aliphatic carboxylic acids is 1. The van der Waals surface area contributed by atoms with E-state index in [0.29, 0.717) is 0 Å². The average Bonchev–Trinajstić information content (AvgIpc) is 3.53. The van der Waals surface area contributed by atoms with Crippen LogP contribution in [0.4, 0.5) is 10.7 Å². The molecule has 2 atom stereocenters. The molecule has 1 unspecified atom stereocenters. The molecule has 2 amide bonds. The van der Waals surface area contributed by atoms with Gasteiger partial charge in [0.15, 0.2) is 0 Å². The van der Waals surface area contributed by atoms with Gasteiger partial charge in [-0.05, 0) is 22.3 Å². The van der Waals surface area contributed by atoms with Gasteiger partial charge >= 0.3 is 12.1 Å². The molecule has 1 aliphatic carbocycles. The zero-order valence-corrected chi connectivity index (χ0v) is 17.8. The first-order valence-corrected chi connectivity index (χ1v) is 10.7. The van der Waals surface area contributed by atoms with Crippen LogP contribution in [0.3, 0.4) is 0 Å². The Hall–Kier alpha value is -4.25. The molecular weight excluding hydrogens is 442 g/mol. The van der Waals surface area contributed by atoms with Crippen LogP contribution in [0.1, 0.15) is 34.1 Å². The summed E-state index contributed by atoms with van der Waals surface area (Å²) >= 11 is 0. The lowest BCUT2D eigenvalue weighted by molar-refractivity contribution is -0.141. The van der Waals surface area contributed by atoms with Crippen molar-refractivity contribution in [3.8, 4) is 11.1 Å². The molecule has 1 saturated heterocycles. The van der Waals surface area contributed by atoms with Crippen molar-refractivity contribution in [3.05, 3.63) is 65.5 Å². The molecule has 2 heterocycles. The second-order valence-corrected chi connectivity index (χ2v) is 8.16. The number of carboxylic acid groups (broad SMARTS) is 1. The van der Waals surface area contributed by atoms with E-state index < -0.39 is 30.1 Å². The van der Waals surface area contributed by atoms with Crippen molar-refractivity contribution in [3.63, 3.8) is 0 Å². The van der Waals surface area contributed by atoms with Crippen molar-refractivity contribution in [1.29, 1.82) is 0 Å². The summed E-state index contributed by atoms with van der Waals surface area (Å²) in [4.78, 5) is 41.3. The SMILES string of the molecule is O=C(Nc1n[nH]c(C(=O)N2CC(O)C[C@H]2C(=O)O)n1)OCC1c2ccccc2-c2ccccc21. The van der Waals surface area contributed by atoms with Gasteiger partial charge in [0, 0.05) is 18.9 Å². The minimum Gasteiger partial charge on any atom is -0.480 e. The van der Waals surface area contributed by atoms with Crippen LogP contribution in [-0.4, -0.2) is 73.6 Å². The first-order valence-electron chi connectivity index (χ1n) is 10.7. The van der Waals surface area contributed by atoms with Crippen molar-refractivity contribution in [2.45, 2.75) is 24.5 Å². The fraction of sp³-hybridized carbons (Fsp3) is 0.261. The van der Waals surface area contributed by atoms with Crippen molar-refractivity contribution in [1.82, 2.24) is 20.1 Å². The fourth-order valence-electron chi connectivity index (χ4n) is 4.55. The Labute approximate surface area is 193 Å². The highest BCUT2D eigenvalue weighted by Crippen LogP contribution is 2.44. The van der Waals surface area contributed by atoms with E-state index in [1.807, 2.05) is 48.5 Å². The minimum absolute atomic E-state index is 0.0694. The number of aromatic nitrogens is 3. The number of H-pyrrole nitrogens is 1. The molecule has 5 rings (SSSR count). The number of aliphatic hydroxyl groups excluding tert-OH is 1. The van der Waals surface area contributed by atoms with E-state index in [1.54, 1.807) is 0 Å². The first-order chi connectivity index (χ1) is 16.4. The molecular formula is C23H21N5O6. The van der Waals surface area contributed by atoms with Crippen LogP contribution in [0.5, 0.6) is 0 Å². The van der Waals surface area contributed by atoms with Gasteiger partial charge in [-0.25, -0.2) is 9.59 Å². The number of aromatic amines is 1. The first kappa shape index (κ1) is 21.6. The van der Waals surface area contributed by atoms with Crippen LogP contribution in [0.15, 0.2) is 48.5 Å². The summed E-state index contributed by atoms with van der Waals surface area (Å²) in [6, 6.07) is 14.7. The number of rotatable bonds is 5. The molecule has 4 N–H and O–H groups in total. The Bertz CT molecular complexity index is 1230. The van der Waals surface area contributed by atoms with E-state index in [-0.39, 0.29) is 37.3 Å². The molecule has 1 fully saturated rings. The standard InChI is InChI=1S/C23H21N5O6/c29-12-9-18(21(31)32)28(10-12)20(30)19-24-22(27-26-19)25-23(33)34-11-17-15-7-3-1-5-13(15)14-6-2-4-8-16(14)17/h1-8,12,17-18,29H,9-11H2,(H,31,32)(H2,24,25,26,27,33)/t12?,18-/m0/s1. The molecule has 2 aliphatic rings. The van der Waals surface area contributed by atoms with E-state index in [1.165, 1.54) is 0 Å². The maximum atomic E-state index is 12.6. The number of β-amino-alcohol motifs (C(OH)–C–C–N with tert-alkyl or cyclic N) is 1. The Morgan fingerprint density at radius 3 is 2.38 bits per heavy atom. The Kier molecular flexibility index (Phi) is 5.46. The summed E-state index contributed by atoms with van der Waals surface area (Å²) in [5, 5.41) is 27.5. The molecule has 174 valence electrons. The Morgan fingerprint density at radius 2 is 1.74 bits per heavy atom. The predicted octanol–water partition coefficient (Wildman–Crippen LogP) is 1.83. The summed E-state index contributed by atoms with van der Waals surface area (Å²) in [6.07, 6.45) is -1.80. The molecule has 3 aromatic rings. The van der Waals surface area contributed by atoms with E-state index in [4.69, 9.17) is 4.74 Å². The number of aliphatic hydroxyl groups is 1. The minimum atomic E-state index is -1.22. The third-order valence-electron chi connectivity index (χ3n) is 6.07. The Morgan fingerprint density at radius 1 is 1.09 bits per heavy atom. The smallest absolute Gasteiger partial charge is 0.414 e. The largest absolute Gasteiger partial charge is 0.480 e. The number of nitrogens with zero attached hydrogens (tertiary/aromatic N) is 3. The van der Waals surface area contributed by atoms with Gasteiger partial charge < -0.3 is 19.8 Å². The van der Waals surface area contributed by atoms with Gasteiger partial charge in [-0.1, -0.05) is 48.5 Å². The number of carbonyl (C=O) groups excluding carboxylic acids is 2. The molecule has 0 spiro atoms. The predicted molar refractivity (Wildman–Crippen MR) is 118 cm³/mol. The van der Waals surface area contributed by atoms with Crippen molar-refractivity contribution in [2.24, 2.45) is 0 Å². The van der Waals surface area contributed by atoms with E-state index in [2.05, 4.69) is 20.5 Å². The number of benzene rings is 2. The van der Waals surface area contributed by atoms with Crippen molar-refractivity contribution in [2.75, 3.05) is 18.5 Å². The number of nitrogens with one attached hydrogen (secondary N) is 2. The average molecular weight is 463 g/mol.